The molecule has 1 aromatic heterocycles. The van der Waals surface area contributed by atoms with Crippen LogP contribution in [0.5, 0.6) is 17.2 Å². The molecule has 1 saturated carbocycles. The number of piperidine rings is 2. The van der Waals surface area contributed by atoms with Gasteiger partial charge in [-0.1, -0.05) is 0 Å². The average molecular weight is 838 g/mol. The third-order valence-corrected chi connectivity index (χ3v) is 13.2. The lowest BCUT2D eigenvalue weighted by molar-refractivity contribution is -0.136. The van der Waals surface area contributed by atoms with Gasteiger partial charge in [0.15, 0.2) is 0 Å². The molecule has 16 nitrogen and oxygen atoms in total. The van der Waals surface area contributed by atoms with Crippen molar-refractivity contribution in [2.45, 2.75) is 76.5 Å². The summed E-state index contributed by atoms with van der Waals surface area (Å²) in [7, 11) is 9.04. The molecular weight excluding hydrogens is 783 g/mol. The quantitative estimate of drug-likeness (QED) is 0.203. The van der Waals surface area contributed by atoms with Crippen LogP contribution in [0, 0.1) is 5.41 Å². The second-order valence-corrected chi connectivity index (χ2v) is 17.4. The first-order valence-electron chi connectivity index (χ1n) is 21.2. The third-order valence-electron chi connectivity index (χ3n) is 13.2. The molecule has 324 valence electrons. The number of hydrogen-bond donors (Lipinski definition) is 2. The molecule has 3 aromatic rings. The number of likely N-dealkylation sites (tertiary alicyclic amines) is 1. The number of carbonyl (C=O) groups is 5. The van der Waals surface area contributed by atoms with Crippen LogP contribution in [-0.4, -0.2) is 127 Å². The van der Waals surface area contributed by atoms with Crippen molar-refractivity contribution < 1.29 is 38.2 Å². The van der Waals surface area contributed by atoms with Gasteiger partial charge in [-0.2, -0.15) is 0 Å². The van der Waals surface area contributed by atoms with Gasteiger partial charge in [0.25, 0.3) is 17.4 Å². The van der Waals surface area contributed by atoms with Gasteiger partial charge in [0.2, 0.25) is 11.8 Å². The van der Waals surface area contributed by atoms with Crippen molar-refractivity contribution in [2.75, 3.05) is 61.1 Å². The Labute approximate surface area is 355 Å². The Kier molecular flexibility index (Phi) is 11.7. The molecule has 4 aliphatic heterocycles. The summed E-state index contributed by atoms with van der Waals surface area (Å²) in [5.74, 6) is -0.229. The number of amides is 6. The molecule has 1 atom stereocenters. The summed E-state index contributed by atoms with van der Waals surface area (Å²) in [6, 6.07) is 7.76. The van der Waals surface area contributed by atoms with Crippen molar-refractivity contribution >= 4 is 29.7 Å². The smallest absolute Gasteiger partial charge is 0.317 e. The highest BCUT2D eigenvalue weighted by molar-refractivity contribution is 6.23. The molecule has 8 rings (SSSR count). The second-order valence-electron chi connectivity index (χ2n) is 17.4. The summed E-state index contributed by atoms with van der Waals surface area (Å²) < 4.78 is 19.2. The number of pyridine rings is 1. The number of hydrogen-bond acceptors (Lipinski definition) is 11. The van der Waals surface area contributed by atoms with Crippen LogP contribution < -0.4 is 30.4 Å². The Morgan fingerprint density at radius 3 is 2.28 bits per heavy atom. The van der Waals surface area contributed by atoms with E-state index in [1.807, 2.05) is 32.4 Å². The van der Waals surface area contributed by atoms with Crippen LogP contribution in [-0.2, 0) is 36.1 Å². The monoisotopic (exact) mass is 837 g/mol. The maximum atomic E-state index is 13.6. The summed E-state index contributed by atoms with van der Waals surface area (Å²) in [4.78, 5) is 84.4. The first kappa shape index (κ1) is 42.0. The molecule has 6 amide bonds. The van der Waals surface area contributed by atoms with Crippen LogP contribution in [0.2, 0.25) is 0 Å². The Bertz CT molecular complexity index is 2300. The highest BCUT2D eigenvalue weighted by Gasteiger charge is 2.47. The fraction of sp³-hybridized carbons (Fsp3) is 0.511. The minimum atomic E-state index is -1.01. The molecule has 2 saturated heterocycles. The van der Waals surface area contributed by atoms with Crippen LogP contribution in [0.25, 0.3) is 11.1 Å². The highest BCUT2D eigenvalue weighted by atomic mass is 16.5. The van der Waals surface area contributed by atoms with Gasteiger partial charge in [0.05, 0.1) is 44.1 Å². The zero-order valence-electron chi connectivity index (χ0n) is 35.6. The van der Waals surface area contributed by atoms with Crippen LogP contribution in [0.1, 0.15) is 82.4 Å². The molecule has 2 N–H and O–H groups in total. The molecule has 1 unspecified atom stereocenters. The fourth-order valence-corrected chi connectivity index (χ4v) is 9.86. The lowest BCUT2D eigenvalue weighted by Gasteiger charge is -2.52. The summed E-state index contributed by atoms with van der Waals surface area (Å²) in [6.45, 7) is 4.65. The van der Waals surface area contributed by atoms with Gasteiger partial charge in [-0.15, -0.1) is 0 Å². The number of carbonyl (C=O) groups excluding carboxylic acids is 5. The van der Waals surface area contributed by atoms with Crippen molar-refractivity contribution in [3.8, 4) is 28.4 Å². The van der Waals surface area contributed by atoms with E-state index in [0.29, 0.717) is 48.9 Å². The number of nitrogens with one attached hydrogen (secondary N) is 2. The fourth-order valence-electron chi connectivity index (χ4n) is 9.86. The van der Waals surface area contributed by atoms with E-state index >= 15 is 0 Å². The van der Waals surface area contributed by atoms with Crippen LogP contribution >= 0.6 is 0 Å². The van der Waals surface area contributed by atoms with E-state index < -0.39 is 29.7 Å². The number of urea groups is 1. The molecule has 61 heavy (non-hydrogen) atoms. The summed E-state index contributed by atoms with van der Waals surface area (Å²) in [5.41, 5.74) is 4.92. The van der Waals surface area contributed by atoms with Crippen molar-refractivity contribution in [1.29, 1.82) is 0 Å². The van der Waals surface area contributed by atoms with Crippen LogP contribution in [0.4, 0.5) is 4.79 Å². The summed E-state index contributed by atoms with van der Waals surface area (Å²) in [5, 5.41) is 5.48. The highest BCUT2D eigenvalue weighted by Crippen LogP contribution is 2.49. The predicted octanol–water partition coefficient (Wildman–Crippen LogP) is 3.31. The van der Waals surface area contributed by atoms with Gasteiger partial charge in [-0.3, -0.25) is 34.2 Å². The van der Waals surface area contributed by atoms with Crippen molar-refractivity contribution in [2.24, 2.45) is 12.5 Å². The number of ether oxygens (including phenoxy) is 3. The Hall–Kier alpha value is -5.74. The normalized spacial score (nSPS) is 20.1. The lowest BCUT2D eigenvalue weighted by Crippen LogP contribution is -2.57. The van der Waals surface area contributed by atoms with Gasteiger partial charge < -0.3 is 38.8 Å². The molecule has 2 aromatic carbocycles. The zero-order chi connectivity index (χ0) is 43.2. The standard InChI is InChI=1S/C45H55N7O9/c1-48(2)24-35-37(59-4)19-27(20-38(35)60-5)33-25-49(3)41(55)34-26-51(15-11-30(33)34)44(58)46-28-22-45(23-28)12-16-50(17-13-45)14-6-18-61-29-7-8-31-32(21-29)43(57)52(42(31)56)36-9-10-39(53)47-40(36)54/h7-8,19-21,25,28,36H,6,9-18,22-24,26H2,1-5H3,(H,46,58)(H,47,53,54). The maximum absolute atomic E-state index is 13.6. The molecule has 1 aliphatic carbocycles. The van der Waals surface area contributed by atoms with E-state index in [1.54, 1.807) is 48.9 Å². The number of benzene rings is 2. The lowest BCUT2D eigenvalue weighted by atomic mass is 9.60. The molecule has 5 aliphatic rings. The molecule has 1 spiro atoms. The third kappa shape index (κ3) is 8.22. The van der Waals surface area contributed by atoms with Crippen molar-refractivity contribution in [3.63, 3.8) is 0 Å². The van der Waals surface area contributed by atoms with Gasteiger partial charge >= 0.3 is 6.03 Å². The van der Waals surface area contributed by atoms with E-state index in [-0.39, 0.29) is 53.6 Å². The van der Waals surface area contributed by atoms with Gasteiger partial charge in [0.1, 0.15) is 23.3 Å². The number of methoxy groups -OCH3 is 2. The predicted molar refractivity (Wildman–Crippen MR) is 225 cm³/mol. The number of aromatic nitrogens is 1. The van der Waals surface area contributed by atoms with Crippen molar-refractivity contribution in [3.05, 3.63) is 74.7 Å². The zero-order valence-corrected chi connectivity index (χ0v) is 35.6. The molecule has 0 bridgehead atoms. The molecular formula is C45H55N7O9. The van der Waals surface area contributed by atoms with E-state index in [9.17, 15) is 28.8 Å². The Morgan fingerprint density at radius 1 is 0.902 bits per heavy atom. The number of imide groups is 2. The maximum Gasteiger partial charge on any atom is 0.317 e. The van der Waals surface area contributed by atoms with E-state index in [0.717, 1.165) is 78.9 Å². The molecule has 5 heterocycles. The minimum Gasteiger partial charge on any atom is -0.496 e. The average Bonchev–Trinajstić information content (AvgIpc) is 3.48. The Morgan fingerprint density at radius 2 is 1.61 bits per heavy atom. The molecule has 0 radical (unpaired) electrons. The topological polar surface area (TPSA) is 172 Å². The van der Waals surface area contributed by atoms with E-state index in [4.69, 9.17) is 14.2 Å². The number of nitrogens with zero attached hydrogens (tertiary/aromatic N) is 5. The summed E-state index contributed by atoms with van der Waals surface area (Å²) >= 11 is 0. The first-order chi connectivity index (χ1) is 29.3. The van der Waals surface area contributed by atoms with Gasteiger partial charge in [0, 0.05) is 56.5 Å². The second kappa shape index (κ2) is 17.0. The van der Waals surface area contributed by atoms with Crippen LogP contribution in [0.15, 0.2) is 41.3 Å². The van der Waals surface area contributed by atoms with Gasteiger partial charge in [-0.25, -0.2) is 4.79 Å². The van der Waals surface area contributed by atoms with E-state index in [1.165, 1.54) is 0 Å². The first-order valence-corrected chi connectivity index (χ1v) is 21.2. The minimum absolute atomic E-state index is 0.0692. The largest absolute Gasteiger partial charge is 0.496 e. The van der Waals surface area contributed by atoms with Crippen molar-refractivity contribution in [1.82, 2.24) is 34.8 Å². The number of aryl methyl sites for hydroxylation is 1. The number of rotatable bonds is 12. The number of fused-ring (bicyclic) bond motifs is 2. The molecule has 3 fully saturated rings. The molecule has 16 heteroatoms. The van der Waals surface area contributed by atoms with Crippen LogP contribution in [0.3, 0.4) is 0 Å². The summed E-state index contributed by atoms with van der Waals surface area (Å²) in [6.07, 6.45) is 7.41. The SMILES string of the molecule is COc1cc(-c2cn(C)c(=O)c3c2CCN(C(=O)NC2CC4(CCN(CCCOc5ccc6c(c5)C(=O)N(C5CCC(=O)NC5=O)C6=O)CC4)C2)C3)cc(OC)c1CN(C)C. The van der Waals surface area contributed by atoms with Gasteiger partial charge in [-0.05, 0) is 119 Å². The van der Waals surface area contributed by atoms with E-state index in [2.05, 4.69) is 20.4 Å². The Balaban J connectivity index is 0.794.